The summed E-state index contributed by atoms with van der Waals surface area (Å²) in [5.74, 6) is 0.636. The third kappa shape index (κ3) is 5.34. The van der Waals surface area contributed by atoms with Crippen LogP contribution in [0.1, 0.15) is 44.9 Å². The molecule has 2 aromatic carbocycles. The molecular formula is C26H23ClN4O3S. The summed E-state index contributed by atoms with van der Waals surface area (Å²) in [4.78, 5) is 26.8. The quantitative estimate of drug-likeness (QED) is 0.255. The van der Waals surface area contributed by atoms with Gasteiger partial charge in [-0.05, 0) is 43.7 Å². The van der Waals surface area contributed by atoms with Crippen LogP contribution in [0.5, 0.6) is 5.75 Å². The largest absolute Gasteiger partial charge is 0.507 e. The van der Waals surface area contributed by atoms with Crippen LogP contribution in [0.25, 0.3) is 11.1 Å². The first-order chi connectivity index (χ1) is 16.9. The number of aromatic hydroxyl groups is 1. The number of carbonyl (C=O) groups is 2. The monoisotopic (exact) mass is 506 g/mol. The van der Waals surface area contributed by atoms with Gasteiger partial charge >= 0.3 is 0 Å². The summed E-state index contributed by atoms with van der Waals surface area (Å²) in [6, 6.07) is 15.6. The minimum Gasteiger partial charge on any atom is -0.507 e. The molecule has 2 N–H and O–H groups in total. The number of ketones is 1. The van der Waals surface area contributed by atoms with E-state index in [1.807, 2.05) is 13.0 Å². The Kier molecular flexibility index (Phi) is 7.43. The van der Waals surface area contributed by atoms with Crippen molar-refractivity contribution in [3.63, 3.8) is 0 Å². The van der Waals surface area contributed by atoms with Gasteiger partial charge in [0, 0.05) is 22.1 Å². The molecule has 0 bridgehead atoms. The Morgan fingerprint density at radius 1 is 1.11 bits per heavy atom. The first kappa shape index (κ1) is 24.4. The van der Waals surface area contributed by atoms with Gasteiger partial charge in [-0.15, -0.1) is 21.5 Å². The SMILES string of the molecule is CCc1cc(C(=O)c2ccccc2Cl)c(-n2c(C)nnc2CNC(=O)/C=C/c2ccccc2O)s1. The lowest BCUT2D eigenvalue weighted by Gasteiger charge is -2.10. The number of thiophene rings is 1. The van der Waals surface area contributed by atoms with Crippen LogP contribution in [-0.4, -0.2) is 31.6 Å². The Balaban J connectivity index is 1.61. The lowest BCUT2D eigenvalue weighted by atomic mass is 10.0. The summed E-state index contributed by atoms with van der Waals surface area (Å²) in [6.07, 6.45) is 3.64. The average Bonchev–Trinajstić information content (AvgIpc) is 3.44. The van der Waals surface area contributed by atoms with Gasteiger partial charge in [0.15, 0.2) is 11.6 Å². The minimum absolute atomic E-state index is 0.0899. The van der Waals surface area contributed by atoms with E-state index >= 15 is 0 Å². The number of phenols is 1. The van der Waals surface area contributed by atoms with Crippen LogP contribution >= 0.6 is 22.9 Å². The van der Waals surface area contributed by atoms with Crippen LogP contribution in [0, 0.1) is 6.92 Å². The van der Waals surface area contributed by atoms with Gasteiger partial charge in [-0.25, -0.2) is 0 Å². The van der Waals surface area contributed by atoms with Gasteiger partial charge in [-0.1, -0.05) is 48.9 Å². The number of benzene rings is 2. The number of hydrogen-bond acceptors (Lipinski definition) is 6. The lowest BCUT2D eigenvalue weighted by Crippen LogP contribution is -2.22. The summed E-state index contributed by atoms with van der Waals surface area (Å²) in [6.45, 7) is 3.92. The number of para-hydroxylation sites is 1. The zero-order valence-electron chi connectivity index (χ0n) is 19.2. The van der Waals surface area contributed by atoms with Gasteiger partial charge in [-0.2, -0.15) is 0 Å². The van der Waals surface area contributed by atoms with E-state index in [2.05, 4.69) is 15.5 Å². The Labute approximate surface area is 211 Å². The maximum Gasteiger partial charge on any atom is 0.244 e. The Morgan fingerprint density at radius 2 is 1.86 bits per heavy atom. The van der Waals surface area contributed by atoms with Crippen LogP contribution < -0.4 is 5.32 Å². The molecule has 0 fully saturated rings. The summed E-state index contributed by atoms with van der Waals surface area (Å²) in [5, 5.41) is 22.1. The van der Waals surface area contributed by atoms with Gasteiger partial charge in [0.2, 0.25) is 5.91 Å². The van der Waals surface area contributed by atoms with Crippen molar-refractivity contribution >= 4 is 40.7 Å². The topological polar surface area (TPSA) is 97.1 Å². The molecule has 178 valence electrons. The van der Waals surface area contributed by atoms with Gasteiger partial charge < -0.3 is 10.4 Å². The van der Waals surface area contributed by atoms with Gasteiger partial charge in [0.1, 0.15) is 16.6 Å². The number of hydrogen-bond donors (Lipinski definition) is 2. The standard InChI is InChI=1S/C26H23ClN4O3S/c1-3-18-14-20(25(34)19-9-5-6-10-21(19)27)26(35-18)31-16(2)29-30-23(31)15-28-24(33)13-12-17-8-4-7-11-22(17)32/h4-14,32H,3,15H2,1-2H3,(H,28,33)/b13-12+. The van der Waals surface area contributed by atoms with Crippen LogP contribution in [0.15, 0.2) is 60.7 Å². The van der Waals surface area contributed by atoms with Crippen molar-refractivity contribution in [3.8, 4) is 10.8 Å². The highest BCUT2D eigenvalue weighted by Gasteiger charge is 2.23. The van der Waals surface area contributed by atoms with E-state index in [9.17, 15) is 14.7 Å². The number of aryl methyl sites for hydroxylation is 2. The average molecular weight is 507 g/mol. The molecule has 2 heterocycles. The molecule has 4 aromatic rings. The van der Waals surface area contributed by atoms with Crippen molar-refractivity contribution < 1.29 is 14.7 Å². The molecule has 1 amide bonds. The number of halogens is 1. The van der Waals surface area contributed by atoms with Crippen molar-refractivity contribution in [1.82, 2.24) is 20.1 Å². The van der Waals surface area contributed by atoms with E-state index in [0.29, 0.717) is 38.4 Å². The zero-order valence-corrected chi connectivity index (χ0v) is 20.7. The number of nitrogens with zero attached hydrogens (tertiary/aromatic N) is 3. The number of nitrogens with one attached hydrogen (secondary N) is 1. The maximum atomic E-state index is 13.4. The normalized spacial score (nSPS) is 11.2. The Hall–Kier alpha value is -3.75. The van der Waals surface area contributed by atoms with E-state index in [1.54, 1.807) is 60.0 Å². The first-order valence-electron chi connectivity index (χ1n) is 11.0. The van der Waals surface area contributed by atoms with Crippen molar-refractivity contribution in [2.24, 2.45) is 0 Å². The molecule has 0 unspecified atom stereocenters. The Morgan fingerprint density at radius 3 is 2.60 bits per heavy atom. The summed E-state index contributed by atoms with van der Waals surface area (Å²) < 4.78 is 1.79. The van der Waals surface area contributed by atoms with Crippen LogP contribution in [0.3, 0.4) is 0 Å². The third-order valence-corrected chi connectivity index (χ3v) is 6.94. The van der Waals surface area contributed by atoms with Crippen molar-refractivity contribution in [3.05, 3.63) is 98.9 Å². The molecule has 0 aliphatic carbocycles. The molecule has 4 rings (SSSR count). The second-order valence-corrected chi connectivity index (χ2v) is 9.23. The van der Waals surface area contributed by atoms with Gasteiger partial charge in [-0.3, -0.25) is 14.2 Å². The second-order valence-electron chi connectivity index (χ2n) is 7.70. The molecule has 0 radical (unpaired) electrons. The minimum atomic E-state index is -0.353. The van der Waals surface area contributed by atoms with E-state index < -0.39 is 0 Å². The third-order valence-electron chi connectivity index (χ3n) is 5.34. The summed E-state index contributed by atoms with van der Waals surface area (Å²) in [7, 11) is 0. The molecule has 0 saturated carbocycles. The number of carbonyl (C=O) groups excluding carboxylic acids is 2. The predicted octanol–water partition coefficient (Wildman–Crippen LogP) is 5.12. The summed E-state index contributed by atoms with van der Waals surface area (Å²) >= 11 is 7.78. The number of aromatic nitrogens is 3. The molecule has 0 saturated heterocycles. The van der Waals surface area contributed by atoms with Crippen LogP contribution in [0.2, 0.25) is 5.02 Å². The molecule has 0 aliphatic rings. The molecule has 0 aliphatic heterocycles. The zero-order chi connectivity index (χ0) is 24.9. The van der Waals surface area contributed by atoms with Crippen molar-refractivity contribution in [1.29, 1.82) is 0 Å². The van der Waals surface area contributed by atoms with Gasteiger partial charge in [0.25, 0.3) is 0 Å². The van der Waals surface area contributed by atoms with Crippen LogP contribution in [0.4, 0.5) is 0 Å². The molecule has 0 atom stereocenters. The number of phenolic OH excluding ortho intramolecular Hbond substituents is 1. The highest BCUT2D eigenvalue weighted by Crippen LogP contribution is 2.32. The predicted molar refractivity (Wildman–Crippen MR) is 137 cm³/mol. The fraction of sp³-hybridized carbons (Fsp3) is 0.154. The molecule has 0 spiro atoms. The smallest absolute Gasteiger partial charge is 0.244 e. The first-order valence-corrected chi connectivity index (χ1v) is 12.2. The van der Waals surface area contributed by atoms with E-state index in [-0.39, 0.29) is 24.0 Å². The molecular weight excluding hydrogens is 484 g/mol. The van der Waals surface area contributed by atoms with Gasteiger partial charge in [0.05, 0.1) is 17.1 Å². The van der Waals surface area contributed by atoms with E-state index in [0.717, 1.165) is 11.3 Å². The van der Waals surface area contributed by atoms with E-state index in [1.165, 1.54) is 23.5 Å². The fourth-order valence-electron chi connectivity index (χ4n) is 3.53. The van der Waals surface area contributed by atoms with Crippen molar-refractivity contribution in [2.75, 3.05) is 0 Å². The fourth-order valence-corrected chi connectivity index (χ4v) is 4.91. The second kappa shape index (κ2) is 10.7. The number of amides is 1. The highest BCUT2D eigenvalue weighted by molar-refractivity contribution is 7.15. The number of rotatable bonds is 8. The molecule has 2 aromatic heterocycles. The molecule has 9 heteroatoms. The molecule has 7 nitrogen and oxygen atoms in total. The highest BCUT2D eigenvalue weighted by atomic mass is 35.5. The maximum absolute atomic E-state index is 13.4. The summed E-state index contributed by atoms with van der Waals surface area (Å²) in [5.41, 5.74) is 1.47. The molecule has 35 heavy (non-hydrogen) atoms. The van der Waals surface area contributed by atoms with Crippen molar-refractivity contribution in [2.45, 2.75) is 26.8 Å². The lowest BCUT2D eigenvalue weighted by molar-refractivity contribution is -0.116. The van der Waals surface area contributed by atoms with Crippen LogP contribution in [-0.2, 0) is 17.8 Å². The Bertz CT molecular complexity index is 1420. The van der Waals surface area contributed by atoms with E-state index in [4.69, 9.17) is 11.6 Å².